The second-order valence-corrected chi connectivity index (χ2v) is 5.51. The predicted octanol–water partition coefficient (Wildman–Crippen LogP) is 2.03. The summed E-state index contributed by atoms with van der Waals surface area (Å²) in [6.07, 6.45) is 1.77. The molecule has 6 nitrogen and oxygen atoms in total. The SMILES string of the molecule is C=CCNC(=NCc1nnc(C)n1C)N(C)Cc1ccc(F)cc1. The summed E-state index contributed by atoms with van der Waals surface area (Å²) < 4.78 is 14.9. The number of guanidine groups is 1. The number of benzene rings is 1. The third-order valence-corrected chi connectivity index (χ3v) is 3.65. The van der Waals surface area contributed by atoms with E-state index in [9.17, 15) is 4.39 Å². The molecule has 0 unspecified atom stereocenters. The molecule has 0 saturated carbocycles. The Balaban J connectivity index is 2.10. The summed E-state index contributed by atoms with van der Waals surface area (Å²) in [5.74, 6) is 2.12. The molecule has 0 aliphatic heterocycles. The lowest BCUT2D eigenvalue weighted by atomic mass is 10.2. The first-order chi connectivity index (χ1) is 11.5. The number of hydrogen-bond donors (Lipinski definition) is 1. The van der Waals surface area contributed by atoms with Gasteiger partial charge in [-0.2, -0.15) is 0 Å². The van der Waals surface area contributed by atoms with Gasteiger partial charge in [0.05, 0.1) is 0 Å². The Kier molecular flexibility index (Phi) is 6.06. The van der Waals surface area contributed by atoms with Crippen molar-refractivity contribution >= 4 is 5.96 Å². The van der Waals surface area contributed by atoms with Gasteiger partial charge in [0.2, 0.25) is 0 Å². The Morgan fingerprint density at radius 2 is 2.08 bits per heavy atom. The molecule has 0 radical (unpaired) electrons. The van der Waals surface area contributed by atoms with Gasteiger partial charge in [-0.3, -0.25) is 0 Å². The standard InChI is InChI=1S/C17H23FN6/c1-5-10-19-17(20-11-16-22-21-13(2)24(16)4)23(3)12-14-6-8-15(18)9-7-14/h5-9H,1,10-12H2,2-4H3,(H,19,20). The minimum Gasteiger partial charge on any atom is -0.353 e. The first kappa shape index (κ1) is 17.7. The highest BCUT2D eigenvalue weighted by molar-refractivity contribution is 5.79. The van der Waals surface area contributed by atoms with E-state index in [1.807, 2.05) is 30.5 Å². The highest BCUT2D eigenvalue weighted by Gasteiger charge is 2.09. The minimum absolute atomic E-state index is 0.238. The molecule has 0 atom stereocenters. The van der Waals surface area contributed by atoms with Crippen LogP contribution in [0.25, 0.3) is 0 Å². The molecule has 2 aromatic rings. The van der Waals surface area contributed by atoms with E-state index in [1.165, 1.54) is 12.1 Å². The monoisotopic (exact) mass is 330 g/mol. The fourth-order valence-electron chi connectivity index (χ4n) is 2.15. The Labute approximate surface area is 141 Å². The quantitative estimate of drug-likeness (QED) is 0.500. The van der Waals surface area contributed by atoms with Crippen LogP contribution in [0, 0.1) is 12.7 Å². The van der Waals surface area contributed by atoms with Gasteiger partial charge in [0, 0.05) is 27.2 Å². The first-order valence-electron chi connectivity index (χ1n) is 7.71. The van der Waals surface area contributed by atoms with Crippen molar-refractivity contribution in [2.75, 3.05) is 13.6 Å². The van der Waals surface area contributed by atoms with Gasteiger partial charge in [-0.05, 0) is 24.6 Å². The van der Waals surface area contributed by atoms with Crippen LogP contribution < -0.4 is 5.32 Å². The van der Waals surface area contributed by atoms with Crippen molar-refractivity contribution in [2.45, 2.75) is 20.0 Å². The maximum absolute atomic E-state index is 13.0. The van der Waals surface area contributed by atoms with Gasteiger partial charge in [0.25, 0.3) is 0 Å². The maximum atomic E-state index is 13.0. The average molecular weight is 330 g/mol. The number of aromatic nitrogens is 3. The molecule has 7 heteroatoms. The lowest BCUT2D eigenvalue weighted by Gasteiger charge is -2.22. The lowest BCUT2D eigenvalue weighted by molar-refractivity contribution is 0.477. The molecule has 0 amide bonds. The molecule has 0 aliphatic rings. The smallest absolute Gasteiger partial charge is 0.194 e. The third kappa shape index (κ3) is 4.65. The molecule has 1 heterocycles. The molecule has 1 aromatic heterocycles. The molecule has 1 N–H and O–H groups in total. The van der Waals surface area contributed by atoms with Crippen LogP contribution >= 0.6 is 0 Å². The Morgan fingerprint density at radius 1 is 1.38 bits per heavy atom. The Hall–Kier alpha value is -2.70. The summed E-state index contributed by atoms with van der Waals surface area (Å²) in [5, 5.41) is 11.4. The first-order valence-corrected chi connectivity index (χ1v) is 7.71. The zero-order valence-corrected chi connectivity index (χ0v) is 14.3. The zero-order valence-electron chi connectivity index (χ0n) is 14.3. The van der Waals surface area contributed by atoms with E-state index < -0.39 is 0 Å². The van der Waals surface area contributed by atoms with Crippen LogP contribution in [-0.4, -0.2) is 39.2 Å². The highest BCUT2D eigenvalue weighted by atomic mass is 19.1. The highest BCUT2D eigenvalue weighted by Crippen LogP contribution is 2.06. The molecular weight excluding hydrogens is 307 g/mol. The summed E-state index contributed by atoms with van der Waals surface area (Å²) >= 11 is 0. The number of aliphatic imine (C=N–C) groups is 1. The molecule has 2 rings (SSSR count). The van der Waals surface area contributed by atoms with Gasteiger partial charge in [-0.15, -0.1) is 16.8 Å². The molecule has 0 spiro atoms. The Bertz CT molecular complexity index is 704. The van der Waals surface area contributed by atoms with Crippen molar-refractivity contribution in [3.63, 3.8) is 0 Å². The topological polar surface area (TPSA) is 58.3 Å². The van der Waals surface area contributed by atoms with E-state index in [2.05, 4.69) is 27.1 Å². The van der Waals surface area contributed by atoms with E-state index in [0.29, 0.717) is 19.6 Å². The number of nitrogens with one attached hydrogen (secondary N) is 1. The van der Waals surface area contributed by atoms with Crippen LogP contribution in [0.3, 0.4) is 0 Å². The lowest BCUT2D eigenvalue weighted by Crippen LogP contribution is -2.38. The van der Waals surface area contributed by atoms with Gasteiger partial charge in [-0.25, -0.2) is 9.38 Å². The number of nitrogens with zero attached hydrogens (tertiary/aromatic N) is 5. The average Bonchev–Trinajstić information content (AvgIpc) is 2.89. The second-order valence-electron chi connectivity index (χ2n) is 5.51. The van der Waals surface area contributed by atoms with Crippen molar-refractivity contribution in [1.29, 1.82) is 0 Å². The normalized spacial score (nSPS) is 11.4. The maximum Gasteiger partial charge on any atom is 0.194 e. The van der Waals surface area contributed by atoms with Crippen molar-refractivity contribution in [3.05, 3.63) is 59.9 Å². The molecule has 0 aliphatic carbocycles. The molecule has 0 saturated heterocycles. The molecule has 128 valence electrons. The zero-order chi connectivity index (χ0) is 17.5. The van der Waals surface area contributed by atoms with Gasteiger partial charge in [0.15, 0.2) is 11.8 Å². The summed E-state index contributed by atoms with van der Waals surface area (Å²) in [7, 11) is 3.85. The van der Waals surface area contributed by atoms with Gasteiger partial charge in [0.1, 0.15) is 18.2 Å². The van der Waals surface area contributed by atoms with Gasteiger partial charge >= 0.3 is 0 Å². The predicted molar refractivity (Wildman–Crippen MR) is 92.9 cm³/mol. The van der Waals surface area contributed by atoms with E-state index in [-0.39, 0.29) is 5.82 Å². The van der Waals surface area contributed by atoms with Crippen LogP contribution in [0.2, 0.25) is 0 Å². The minimum atomic E-state index is -0.238. The van der Waals surface area contributed by atoms with Crippen LogP contribution in [-0.2, 0) is 20.1 Å². The van der Waals surface area contributed by atoms with Gasteiger partial charge in [-0.1, -0.05) is 18.2 Å². The second kappa shape index (κ2) is 8.24. The molecule has 0 fully saturated rings. The van der Waals surface area contributed by atoms with Crippen molar-refractivity contribution in [1.82, 2.24) is 25.0 Å². The van der Waals surface area contributed by atoms with Crippen molar-refractivity contribution in [2.24, 2.45) is 12.0 Å². The van der Waals surface area contributed by atoms with Crippen LogP contribution in [0.4, 0.5) is 4.39 Å². The Morgan fingerprint density at radius 3 is 2.67 bits per heavy atom. The molecule has 0 bridgehead atoms. The molecular formula is C17H23FN6. The summed E-state index contributed by atoms with van der Waals surface area (Å²) in [4.78, 5) is 6.58. The number of hydrogen-bond acceptors (Lipinski definition) is 3. The van der Waals surface area contributed by atoms with Gasteiger partial charge < -0.3 is 14.8 Å². The largest absolute Gasteiger partial charge is 0.353 e. The van der Waals surface area contributed by atoms with Crippen LogP contribution in [0.5, 0.6) is 0 Å². The van der Waals surface area contributed by atoms with Crippen LogP contribution in [0.1, 0.15) is 17.2 Å². The summed E-state index contributed by atoms with van der Waals surface area (Å²) in [5.41, 5.74) is 1.00. The van der Waals surface area contributed by atoms with Crippen molar-refractivity contribution < 1.29 is 4.39 Å². The van der Waals surface area contributed by atoms with E-state index in [4.69, 9.17) is 0 Å². The van der Waals surface area contributed by atoms with Crippen LogP contribution in [0.15, 0.2) is 41.9 Å². The van der Waals surface area contributed by atoms with E-state index >= 15 is 0 Å². The molecule has 24 heavy (non-hydrogen) atoms. The number of aryl methyl sites for hydroxylation is 1. The fraction of sp³-hybridized carbons (Fsp3) is 0.353. The summed E-state index contributed by atoms with van der Waals surface area (Å²) in [6, 6.07) is 6.45. The van der Waals surface area contributed by atoms with Crippen molar-refractivity contribution in [3.8, 4) is 0 Å². The number of rotatable bonds is 6. The fourth-order valence-corrected chi connectivity index (χ4v) is 2.15. The van der Waals surface area contributed by atoms with E-state index in [0.717, 1.165) is 23.2 Å². The molecule has 1 aromatic carbocycles. The van der Waals surface area contributed by atoms with E-state index in [1.54, 1.807) is 18.2 Å². The summed E-state index contributed by atoms with van der Waals surface area (Å²) in [6.45, 7) is 7.25. The number of halogens is 1. The third-order valence-electron chi connectivity index (χ3n) is 3.65.